The predicted molar refractivity (Wildman–Crippen MR) is 121 cm³/mol. The second kappa shape index (κ2) is 9.38. The average Bonchev–Trinajstić information content (AvgIpc) is 3.53. The Balaban J connectivity index is 1.61. The first-order chi connectivity index (χ1) is 15.5. The van der Waals surface area contributed by atoms with Crippen molar-refractivity contribution < 1.29 is 14.4 Å². The molecule has 2 aromatic rings. The zero-order valence-electron chi connectivity index (χ0n) is 18.4. The monoisotopic (exact) mass is 435 g/mol. The van der Waals surface area contributed by atoms with E-state index < -0.39 is 0 Å². The molecule has 1 N–H and O–H groups in total. The smallest absolute Gasteiger partial charge is 0.254 e. The lowest BCUT2D eigenvalue weighted by atomic mass is 10.0. The van der Waals surface area contributed by atoms with Gasteiger partial charge in [0.05, 0.1) is 11.6 Å². The summed E-state index contributed by atoms with van der Waals surface area (Å²) in [7, 11) is 1.59. The largest absolute Gasteiger partial charge is 0.355 e. The standard InChI is InChI=1S/C24H29N5O3/c1-3-21(30)28-14-6-7-19(15-28)29-16-20(23(31)25-2)22(26-29)17-8-10-18(11-9-17)24(32)27-12-4-5-13-27/h3,8-11,16,19H,1,4-7,12-15H2,2H3,(H,25,31). The van der Waals surface area contributed by atoms with Crippen LogP contribution in [0.4, 0.5) is 0 Å². The maximum Gasteiger partial charge on any atom is 0.254 e. The molecule has 0 saturated carbocycles. The van der Waals surface area contributed by atoms with E-state index in [4.69, 9.17) is 5.10 Å². The Kier molecular flexibility index (Phi) is 6.39. The van der Waals surface area contributed by atoms with Crippen LogP contribution < -0.4 is 5.32 Å². The van der Waals surface area contributed by atoms with Crippen molar-refractivity contribution in [2.75, 3.05) is 33.2 Å². The van der Waals surface area contributed by atoms with E-state index in [-0.39, 0.29) is 23.8 Å². The number of nitrogens with zero attached hydrogens (tertiary/aromatic N) is 4. The van der Waals surface area contributed by atoms with Gasteiger partial charge in [0.15, 0.2) is 0 Å². The number of rotatable bonds is 5. The molecule has 168 valence electrons. The van der Waals surface area contributed by atoms with Crippen molar-refractivity contribution in [1.82, 2.24) is 24.9 Å². The van der Waals surface area contributed by atoms with Crippen LogP contribution >= 0.6 is 0 Å². The van der Waals surface area contributed by atoms with Crippen molar-refractivity contribution in [2.24, 2.45) is 0 Å². The highest BCUT2D eigenvalue weighted by molar-refractivity contribution is 6.00. The fourth-order valence-corrected chi connectivity index (χ4v) is 4.47. The first-order valence-corrected chi connectivity index (χ1v) is 11.1. The van der Waals surface area contributed by atoms with Crippen molar-refractivity contribution in [3.8, 4) is 11.3 Å². The van der Waals surface area contributed by atoms with Crippen LogP contribution in [-0.4, -0.2) is 70.5 Å². The number of likely N-dealkylation sites (tertiary alicyclic amines) is 2. The molecule has 3 heterocycles. The number of carbonyl (C=O) groups is 3. The quantitative estimate of drug-likeness (QED) is 0.731. The van der Waals surface area contributed by atoms with Gasteiger partial charge in [0.2, 0.25) is 5.91 Å². The van der Waals surface area contributed by atoms with E-state index in [2.05, 4.69) is 11.9 Å². The van der Waals surface area contributed by atoms with Crippen LogP contribution in [0.15, 0.2) is 43.1 Å². The molecule has 3 amide bonds. The normalized spacial score (nSPS) is 18.5. The van der Waals surface area contributed by atoms with E-state index in [9.17, 15) is 14.4 Å². The van der Waals surface area contributed by atoms with Gasteiger partial charge >= 0.3 is 0 Å². The Labute approximate surface area is 187 Å². The third-order valence-electron chi connectivity index (χ3n) is 6.26. The Hall–Kier alpha value is -3.42. The Morgan fingerprint density at radius 2 is 1.75 bits per heavy atom. The molecule has 1 aromatic carbocycles. The molecular formula is C24H29N5O3. The highest BCUT2D eigenvalue weighted by atomic mass is 16.2. The molecule has 2 saturated heterocycles. The number of hydrogen-bond donors (Lipinski definition) is 1. The molecule has 0 spiro atoms. The summed E-state index contributed by atoms with van der Waals surface area (Å²) >= 11 is 0. The summed E-state index contributed by atoms with van der Waals surface area (Å²) in [5.41, 5.74) is 2.45. The summed E-state index contributed by atoms with van der Waals surface area (Å²) in [6.07, 6.45) is 6.92. The summed E-state index contributed by atoms with van der Waals surface area (Å²) in [5.74, 6) is -0.273. The molecule has 0 bridgehead atoms. The van der Waals surface area contributed by atoms with Crippen molar-refractivity contribution in [1.29, 1.82) is 0 Å². The van der Waals surface area contributed by atoms with Crippen molar-refractivity contribution in [2.45, 2.75) is 31.7 Å². The third kappa shape index (κ3) is 4.30. The second-order valence-corrected chi connectivity index (χ2v) is 8.31. The number of benzene rings is 1. The van der Waals surface area contributed by atoms with E-state index in [0.717, 1.165) is 44.3 Å². The number of amides is 3. The zero-order valence-corrected chi connectivity index (χ0v) is 18.4. The van der Waals surface area contributed by atoms with E-state index >= 15 is 0 Å². The van der Waals surface area contributed by atoms with E-state index in [1.807, 2.05) is 17.0 Å². The molecule has 1 unspecified atom stereocenters. The summed E-state index contributed by atoms with van der Waals surface area (Å²) in [6.45, 7) is 6.41. The highest BCUT2D eigenvalue weighted by Crippen LogP contribution is 2.28. The van der Waals surface area contributed by atoms with Crippen LogP contribution in [0.5, 0.6) is 0 Å². The molecule has 2 aliphatic heterocycles. The van der Waals surface area contributed by atoms with Gasteiger partial charge in [0.1, 0.15) is 5.69 Å². The molecule has 0 aliphatic carbocycles. The van der Waals surface area contributed by atoms with E-state index in [0.29, 0.717) is 29.9 Å². The van der Waals surface area contributed by atoms with Crippen LogP contribution in [0.25, 0.3) is 11.3 Å². The molecule has 4 rings (SSSR count). The lowest BCUT2D eigenvalue weighted by Gasteiger charge is -2.32. The number of hydrogen-bond acceptors (Lipinski definition) is 4. The minimum atomic E-state index is -0.224. The fourth-order valence-electron chi connectivity index (χ4n) is 4.47. The lowest BCUT2D eigenvalue weighted by Crippen LogP contribution is -2.40. The van der Waals surface area contributed by atoms with Crippen molar-refractivity contribution in [3.63, 3.8) is 0 Å². The Morgan fingerprint density at radius 3 is 2.41 bits per heavy atom. The molecule has 1 atom stereocenters. The molecule has 2 fully saturated rings. The Bertz CT molecular complexity index is 1020. The van der Waals surface area contributed by atoms with Crippen LogP contribution in [0.1, 0.15) is 52.4 Å². The first kappa shape index (κ1) is 21.8. The van der Waals surface area contributed by atoms with Gasteiger partial charge in [0, 0.05) is 50.6 Å². The molecule has 2 aliphatic rings. The van der Waals surface area contributed by atoms with Crippen molar-refractivity contribution >= 4 is 17.7 Å². The zero-order chi connectivity index (χ0) is 22.7. The van der Waals surface area contributed by atoms with Crippen molar-refractivity contribution in [3.05, 3.63) is 54.2 Å². The van der Waals surface area contributed by atoms with Gasteiger partial charge in [0.25, 0.3) is 11.8 Å². The minimum Gasteiger partial charge on any atom is -0.355 e. The number of nitrogens with one attached hydrogen (secondary N) is 1. The molecule has 8 nitrogen and oxygen atoms in total. The number of carbonyl (C=O) groups excluding carboxylic acids is 3. The van der Waals surface area contributed by atoms with E-state index in [1.165, 1.54) is 6.08 Å². The van der Waals surface area contributed by atoms with Gasteiger partial charge in [-0.05, 0) is 43.9 Å². The van der Waals surface area contributed by atoms with E-state index in [1.54, 1.807) is 35.0 Å². The first-order valence-electron chi connectivity index (χ1n) is 11.1. The number of aromatic nitrogens is 2. The van der Waals surface area contributed by atoms with Gasteiger partial charge in [-0.25, -0.2) is 0 Å². The van der Waals surface area contributed by atoms with Crippen LogP contribution in [0.3, 0.4) is 0 Å². The molecule has 8 heteroatoms. The van der Waals surface area contributed by atoms with Crippen LogP contribution in [0, 0.1) is 0 Å². The third-order valence-corrected chi connectivity index (χ3v) is 6.26. The van der Waals surface area contributed by atoms with Gasteiger partial charge in [-0.2, -0.15) is 5.10 Å². The average molecular weight is 436 g/mol. The summed E-state index contributed by atoms with van der Waals surface area (Å²) in [5, 5.41) is 7.42. The van der Waals surface area contributed by atoms with Crippen LogP contribution in [0.2, 0.25) is 0 Å². The van der Waals surface area contributed by atoms with Gasteiger partial charge in [-0.1, -0.05) is 18.7 Å². The predicted octanol–water partition coefficient (Wildman–Crippen LogP) is 2.50. The van der Waals surface area contributed by atoms with Gasteiger partial charge in [-0.3, -0.25) is 19.1 Å². The molecule has 32 heavy (non-hydrogen) atoms. The summed E-state index contributed by atoms with van der Waals surface area (Å²) in [6, 6.07) is 7.27. The van der Waals surface area contributed by atoms with Gasteiger partial charge in [-0.15, -0.1) is 0 Å². The fraction of sp³-hybridized carbons (Fsp3) is 0.417. The number of piperidine rings is 1. The summed E-state index contributed by atoms with van der Waals surface area (Å²) in [4.78, 5) is 40.9. The maximum absolute atomic E-state index is 12.6. The minimum absolute atomic E-state index is 0.0131. The van der Waals surface area contributed by atoms with Gasteiger partial charge < -0.3 is 15.1 Å². The maximum atomic E-state index is 12.6. The SMILES string of the molecule is C=CC(=O)N1CCCC(n2cc(C(=O)NC)c(-c3ccc(C(=O)N4CCCC4)cc3)n2)C1. The van der Waals surface area contributed by atoms with Crippen LogP contribution in [-0.2, 0) is 4.79 Å². The second-order valence-electron chi connectivity index (χ2n) is 8.31. The lowest BCUT2D eigenvalue weighted by molar-refractivity contribution is -0.127. The highest BCUT2D eigenvalue weighted by Gasteiger charge is 2.27. The molecular weight excluding hydrogens is 406 g/mol. The summed E-state index contributed by atoms with van der Waals surface area (Å²) < 4.78 is 1.80. The Morgan fingerprint density at radius 1 is 1.06 bits per heavy atom. The topological polar surface area (TPSA) is 87.5 Å². The molecule has 0 radical (unpaired) electrons. The molecule has 1 aromatic heterocycles.